The van der Waals surface area contributed by atoms with Crippen LogP contribution in [-0.4, -0.2) is 54.2 Å². The Labute approximate surface area is 113 Å². The van der Waals surface area contributed by atoms with E-state index in [1.54, 1.807) is 7.11 Å². The molecule has 1 saturated heterocycles. The Hall–Kier alpha value is -1.07. The Balaban J connectivity index is 2.20. The average molecular weight is 271 g/mol. The fourth-order valence-electron chi connectivity index (χ4n) is 2.40. The fourth-order valence-corrected chi connectivity index (χ4v) is 2.61. The van der Waals surface area contributed by atoms with Crippen LogP contribution in [0, 0.1) is 0 Å². The Bertz CT molecular complexity index is 415. The summed E-state index contributed by atoms with van der Waals surface area (Å²) < 4.78 is 5.31. The van der Waals surface area contributed by atoms with Crippen molar-refractivity contribution in [1.82, 2.24) is 14.9 Å². The van der Waals surface area contributed by atoms with E-state index in [9.17, 15) is 0 Å². The van der Waals surface area contributed by atoms with Crippen LogP contribution >= 0.6 is 11.6 Å². The smallest absolute Gasteiger partial charge is 0.199 e. The zero-order valence-corrected chi connectivity index (χ0v) is 11.8. The number of hydrogen-bond donors (Lipinski definition) is 0. The maximum atomic E-state index is 6.03. The monoisotopic (exact) mass is 270 g/mol. The van der Waals surface area contributed by atoms with Crippen LogP contribution < -0.4 is 9.64 Å². The molecule has 0 radical (unpaired) electrons. The van der Waals surface area contributed by atoms with E-state index < -0.39 is 0 Å². The van der Waals surface area contributed by atoms with Crippen LogP contribution in [0.1, 0.15) is 13.8 Å². The second-order valence-corrected chi connectivity index (χ2v) is 4.80. The van der Waals surface area contributed by atoms with Gasteiger partial charge in [-0.25, -0.2) is 9.97 Å². The van der Waals surface area contributed by atoms with Gasteiger partial charge in [-0.3, -0.25) is 4.90 Å². The van der Waals surface area contributed by atoms with Crippen molar-refractivity contribution in [2.24, 2.45) is 0 Å². The highest BCUT2D eigenvalue weighted by Crippen LogP contribution is 2.32. The van der Waals surface area contributed by atoms with Crippen molar-refractivity contribution in [3.8, 4) is 5.75 Å². The molecule has 0 aromatic carbocycles. The Kier molecular flexibility index (Phi) is 4.24. The molecular weight excluding hydrogens is 252 g/mol. The van der Waals surface area contributed by atoms with Gasteiger partial charge in [0, 0.05) is 25.7 Å². The molecule has 6 heteroatoms. The summed E-state index contributed by atoms with van der Waals surface area (Å²) in [7, 11) is 1.60. The minimum atomic E-state index is 0.369. The van der Waals surface area contributed by atoms with Crippen LogP contribution in [0.15, 0.2) is 6.33 Å². The van der Waals surface area contributed by atoms with Crippen LogP contribution in [0.5, 0.6) is 5.75 Å². The lowest BCUT2D eigenvalue weighted by Gasteiger charge is -2.40. The van der Waals surface area contributed by atoms with Gasteiger partial charge in [-0.15, -0.1) is 0 Å². The van der Waals surface area contributed by atoms with Crippen molar-refractivity contribution in [3.63, 3.8) is 0 Å². The summed E-state index contributed by atoms with van der Waals surface area (Å²) in [6, 6.07) is 0.502. The van der Waals surface area contributed by atoms with Crippen LogP contribution in [0.3, 0.4) is 0 Å². The molecule has 18 heavy (non-hydrogen) atoms. The third-order valence-electron chi connectivity index (χ3n) is 3.42. The summed E-state index contributed by atoms with van der Waals surface area (Å²) in [4.78, 5) is 12.9. The molecule has 2 rings (SSSR count). The number of piperazine rings is 1. The summed E-state index contributed by atoms with van der Waals surface area (Å²) in [5.74, 6) is 1.36. The number of nitrogens with zero attached hydrogens (tertiary/aromatic N) is 4. The number of anilines is 1. The molecule has 0 amide bonds. The molecule has 0 N–H and O–H groups in total. The lowest BCUT2D eigenvalue weighted by molar-refractivity contribution is 0.198. The molecule has 0 bridgehead atoms. The number of rotatable bonds is 3. The van der Waals surface area contributed by atoms with Crippen molar-refractivity contribution < 1.29 is 4.74 Å². The molecule has 0 saturated carbocycles. The zero-order chi connectivity index (χ0) is 13.1. The highest BCUT2D eigenvalue weighted by Gasteiger charge is 2.26. The molecule has 100 valence electrons. The number of methoxy groups -OCH3 is 1. The van der Waals surface area contributed by atoms with E-state index in [1.165, 1.54) is 6.33 Å². The van der Waals surface area contributed by atoms with Crippen LogP contribution in [-0.2, 0) is 0 Å². The number of aromatic nitrogens is 2. The molecule has 5 nitrogen and oxygen atoms in total. The zero-order valence-electron chi connectivity index (χ0n) is 11.1. The first kappa shape index (κ1) is 13.4. The number of halogens is 1. The van der Waals surface area contributed by atoms with Gasteiger partial charge in [0.1, 0.15) is 6.33 Å². The van der Waals surface area contributed by atoms with E-state index in [-0.39, 0.29) is 0 Å². The van der Waals surface area contributed by atoms with Crippen molar-refractivity contribution in [2.45, 2.75) is 19.9 Å². The molecule has 1 aliphatic heterocycles. The molecule has 1 aromatic heterocycles. The Morgan fingerprint density at radius 2 is 2.22 bits per heavy atom. The SMILES string of the molecule is CCN1CCN(c2ncnc(Cl)c2OC)CC1C. The third-order valence-corrected chi connectivity index (χ3v) is 3.69. The molecular formula is C12H19ClN4O. The topological polar surface area (TPSA) is 41.5 Å². The van der Waals surface area contributed by atoms with Gasteiger partial charge in [0.15, 0.2) is 16.7 Å². The summed E-state index contributed by atoms with van der Waals surface area (Å²) in [5.41, 5.74) is 0. The first-order valence-corrected chi connectivity index (χ1v) is 6.58. The van der Waals surface area contributed by atoms with Gasteiger partial charge in [0.25, 0.3) is 0 Å². The molecule has 1 atom stereocenters. The molecule has 1 unspecified atom stereocenters. The van der Waals surface area contributed by atoms with Crippen molar-refractivity contribution >= 4 is 17.4 Å². The molecule has 2 heterocycles. The molecule has 1 fully saturated rings. The maximum absolute atomic E-state index is 6.03. The van der Waals surface area contributed by atoms with Gasteiger partial charge in [-0.2, -0.15) is 0 Å². The second kappa shape index (κ2) is 5.71. The minimum Gasteiger partial charge on any atom is -0.490 e. The van der Waals surface area contributed by atoms with Crippen LogP contribution in [0.2, 0.25) is 5.15 Å². The fraction of sp³-hybridized carbons (Fsp3) is 0.667. The molecule has 1 aromatic rings. The van der Waals surface area contributed by atoms with E-state index in [2.05, 4.69) is 33.6 Å². The molecule has 0 spiro atoms. The van der Waals surface area contributed by atoms with Gasteiger partial charge in [0.05, 0.1) is 7.11 Å². The Morgan fingerprint density at radius 1 is 1.44 bits per heavy atom. The molecule has 1 aliphatic rings. The quantitative estimate of drug-likeness (QED) is 0.782. The van der Waals surface area contributed by atoms with Gasteiger partial charge in [0.2, 0.25) is 0 Å². The summed E-state index contributed by atoms with van der Waals surface area (Å²) in [5, 5.41) is 0.369. The van der Waals surface area contributed by atoms with Crippen molar-refractivity contribution in [1.29, 1.82) is 0 Å². The predicted molar refractivity (Wildman–Crippen MR) is 72.5 cm³/mol. The first-order valence-electron chi connectivity index (χ1n) is 6.20. The Morgan fingerprint density at radius 3 is 2.83 bits per heavy atom. The maximum Gasteiger partial charge on any atom is 0.199 e. The van der Waals surface area contributed by atoms with Crippen molar-refractivity contribution in [2.75, 3.05) is 38.2 Å². The average Bonchev–Trinajstić information content (AvgIpc) is 2.38. The largest absolute Gasteiger partial charge is 0.490 e. The summed E-state index contributed by atoms with van der Waals surface area (Å²) in [6.45, 7) is 8.39. The highest BCUT2D eigenvalue weighted by atomic mass is 35.5. The number of likely N-dealkylation sites (N-methyl/N-ethyl adjacent to an activating group) is 1. The van der Waals surface area contributed by atoms with Gasteiger partial charge < -0.3 is 9.64 Å². The second-order valence-electron chi connectivity index (χ2n) is 4.44. The highest BCUT2D eigenvalue weighted by molar-refractivity contribution is 6.31. The summed E-state index contributed by atoms with van der Waals surface area (Å²) in [6.07, 6.45) is 1.48. The van der Waals surface area contributed by atoms with Crippen molar-refractivity contribution in [3.05, 3.63) is 11.5 Å². The van der Waals surface area contributed by atoms with Gasteiger partial charge >= 0.3 is 0 Å². The van der Waals surface area contributed by atoms with Gasteiger partial charge in [-0.05, 0) is 13.5 Å². The lowest BCUT2D eigenvalue weighted by atomic mass is 10.2. The van der Waals surface area contributed by atoms with Gasteiger partial charge in [-0.1, -0.05) is 18.5 Å². The van der Waals surface area contributed by atoms with E-state index in [0.29, 0.717) is 16.9 Å². The van der Waals surface area contributed by atoms with Crippen LogP contribution in [0.4, 0.5) is 5.82 Å². The lowest BCUT2D eigenvalue weighted by Crippen LogP contribution is -2.52. The predicted octanol–water partition coefficient (Wildman–Crippen LogP) is 1.67. The standard InChI is InChI=1S/C12H19ClN4O/c1-4-16-5-6-17(7-9(16)2)12-10(18-3)11(13)14-8-15-12/h8-9H,4-7H2,1-3H3. The van der Waals surface area contributed by atoms with E-state index in [4.69, 9.17) is 16.3 Å². The van der Waals surface area contributed by atoms with Crippen LogP contribution in [0.25, 0.3) is 0 Å². The third kappa shape index (κ3) is 2.52. The van der Waals surface area contributed by atoms with E-state index in [0.717, 1.165) is 32.0 Å². The number of hydrogen-bond acceptors (Lipinski definition) is 5. The first-order chi connectivity index (χ1) is 8.67. The van der Waals surface area contributed by atoms with E-state index in [1.807, 2.05) is 0 Å². The minimum absolute atomic E-state index is 0.369. The number of ether oxygens (including phenoxy) is 1. The summed E-state index contributed by atoms with van der Waals surface area (Å²) >= 11 is 6.03. The van der Waals surface area contributed by atoms with E-state index >= 15 is 0 Å². The molecule has 0 aliphatic carbocycles. The normalized spacial score (nSPS) is 21.1.